The molecule has 1 aliphatic carbocycles. The fourth-order valence-electron chi connectivity index (χ4n) is 3.05. The fourth-order valence-corrected chi connectivity index (χ4v) is 3.86. The molecule has 2 aromatic carbocycles. The lowest BCUT2D eigenvalue weighted by molar-refractivity contribution is -0.113. The average Bonchev–Trinajstić information content (AvgIpc) is 3.47. The molecular formula is C21H22N4OS. The van der Waals surface area contributed by atoms with E-state index in [1.54, 1.807) is 0 Å². The Bertz CT molecular complexity index is 917. The highest BCUT2D eigenvalue weighted by molar-refractivity contribution is 7.99. The van der Waals surface area contributed by atoms with Crippen LogP contribution in [0.1, 0.15) is 31.5 Å². The maximum absolute atomic E-state index is 12.3. The monoisotopic (exact) mass is 378 g/mol. The smallest absolute Gasteiger partial charge is 0.234 e. The van der Waals surface area contributed by atoms with Crippen LogP contribution in [0.2, 0.25) is 0 Å². The van der Waals surface area contributed by atoms with Crippen molar-refractivity contribution in [2.45, 2.75) is 37.4 Å². The van der Waals surface area contributed by atoms with Crippen molar-refractivity contribution in [2.24, 2.45) is 0 Å². The summed E-state index contributed by atoms with van der Waals surface area (Å²) in [7, 11) is 0. The molecule has 1 amide bonds. The highest BCUT2D eigenvalue weighted by Gasteiger charge is 2.30. The lowest BCUT2D eigenvalue weighted by Gasteiger charge is -2.08. The van der Waals surface area contributed by atoms with Gasteiger partial charge in [-0.3, -0.25) is 4.79 Å². The van der Waals surface area contributed by atoms with Crippen LogP contribution in [0.5, 0.6) is 0 Å². The van der Waals surface area contributed by atoms with Crippen molar-refractivity contribution in [2.75, 3.05) is 11.1 Å². The van der Waals surface area contributed by atoms with Gasteiger partial charge in [0.25, 0.3) is 0 Å². The molecule has 27 heavy (non-hydrogen) atoms. The quantitative estimate of drug-likeness (QED) is 0.612. The maximum atomic E-state index is 12.3. The van der Waals surface area contributed by atoms with Gasteiger partial charge < -0.3 is 9.88 Å². The van der Waals surface area contributed by atoms with Gasteiger partial charge >= 0.3 is 0 Å². The van der Waals surface area contributed by atoms with E-state index in [9.17, 15) is 4.79 Å². The van der Waals surface area contributed by atoms with Gasteiger partial charge in [0, 0.05) is 18.2 Å². The summed E-state index contributed by atoms with van der Waals surface area (Å²) in [6, 6.07) is 18.1. The summed E-state index contributed by atoms with van der Waals surface area (Å²) in [5.41, 5.74) is 3.10. The lowest BCUT2D eigenvalue weighted by Crippen LogP contribution is -2.14. The molecule has 1 N–H and O–H groups in total. The molecule has 0 aliphatic heterocycles. The van der Waals surface area contributed by atoms with Crippen LogP contribution in [0.15, 0.2) is 59.8 Å². The minimum atomic E-state index is -0.0360. The lowest BCUT2D eigenvalue weighted by atomic mass is 10.1. The Kier molecular flexibility index (Phi) is 5.25. The van der Waals surface area contributed by atoms with Crippen molar-refractivity contribution >= 4 is 23.4 Å². The van der Waals surface area contributed by atoms with Gasteiger partial charge in [0.15, 0.2) is 5.16 Å². The zero-order chi connectivity index (χ0) is 18.6. The normalized spacial score (nSPS) is 13.5. The van der Waals surface area contributed by atoms with Gasteiger partial charge in [0.1, 0.15) is 5.82 Å². The van der Waals surface area contributed by atoms with Gasteiger partial charge in [-0.2, -0.15) is 0 Å². The molecule has 1 saturated carbocycles. The van der Waals surface area contributed by atoms with E-state index in [0.29, 0.717) is 11.7 Å². The van der Waals surface area contributed by atoms with Crippen LogP contribution in [-0.2, 0) is 11.3 Å². The topological polar surface area (TPSA) is 59.8 Å². The van der Waals surface area contributed by atoms with E-state index >= 15 is 0 Å². The van der Waals surface area contributed by atoms with E-state index in [1.807, 2.05) is 42.5 Å². The van der Waals surface area contributed by atoms with E-state index in [0.717, 1.165) is 34.3 Å². The van der Waals surface area contributed by atoms with Gasteiger partial charge in [-0.05, 0) is 43.0 Å². The first kappa shape index (κ1) is 17.8. The van der Waals surface area contributed by atoms with Gasteiger partial charge in [-0.1, -0.05) is 54.2 Å². The first-order chi connectivity index (χ1) is 13.2. The van der Waals surface area contributed by atoms with Crippen LogP contribution in [0, 0.1) is 0 Å². The number of rotatable bonds is 7. The van der Waals surface area contributed by atoms with Gasteiger partial charge in [0.05, 0.1) is 5.75 Å². The number of thioether (sulfide) groups is 1. The number of amides is 1. The van der Waals surface area contributed by atoms with E-state index in [2.05, 4.69) is 39.1 Å². The third-order valence-corrected chi connectivity index (χ3v) is 5.58. The first-order valence-electron chi connectivity index (χ1n) is 9.26. The van der Waals surface area contributed by atoms with Crippen LogP contribution in [0.25, 0.3) is 11.1 Å². The molecular weight excluding hydrogens is 356 g/mol. The number of hydrogen-bond donors (Lipinski definition) is 1. The molecule has 0 spiro atoms. The summed E-state index contributed by atoms with van der Waals surface area (Å²) in [6.07, 6.45) is 2.39. The molecule has 0 atom stereocenters. The Balaban J connectivity index is 1.34. The number of carbonyl (C=O) groups excluding carboxylic acids is 1. The number of aromatic nitrogens is 3. The Morgan fingerprint density at radius 2 is 1.78 bits per heavy atom. The van der Waals surface area contributed by atoms with Gasteiger partial charge in [-0.25, -0.2) is 0 Å². The van der Waals surface area contributed by atoms with Crippen LogP contribution >= 0.6 is 11.8 Å². The first-order valence-corrected chi connectivity index (χ1v) is 10.2. The minimum absolute atomic E-state index is 0.0360. The van der Waals surface area contributed by atoms with Crippen molar-refractivity contribution in [1.29, 1.82) is 0 Å². The molecule has 0 radical (unpaired) electrons. The summed E-state index contributed by atoms with van der Waals surface area (Å²) < 4.78 is 2.13. The molecule has 1 aliphatic rings. The number of nitrogens with zero attached hydrogens (tertiary/aromatic N) is 3. The van der Waals surface area contributed by atoms with Crippen molar-refractivity contribution in [3.8, 4) is 11.1 Å². The summed E-state index contributed by atoms with van der Waals surface area (Å²) >= 11 is 1.44. The molecule has 0 bridgehead atoms. The molecule has 6 heteroatoms. The maximum Gasteiger partial charge on any atom is 0.234 e. The fraction of sp³-hybridized carbons (Fsp3) is 0.286. The second-order valence-corrected chi connectivity index (χ2v) is 7.58. The third kappa shape index (κ3) is 4.22. The van der Waals surface area contributed by atoms with Crippen LogP contribution in [0.4, 0.5) is 5.69 Å². The standard InChI is InChI=1S/C21H22N4OS/c1-2-25-20(17-8-9-17)23-24-21(25)27-14-19(26)22-18-12-10-16(11-13-18)15-6-4-3-5-7-15/h3-7,10-13,17H,2,8-9,14H2,1H3,(H,22,26). The molecule has 4 rings (SSSR count). The minimum Gasteiger partial charge on any atom is -0.325 e. The van der Waals surface area contributed by atoms with Crippen molar-refractivity contribution in [3.63, 3.8) is 0 Å². The average molecular weight is 379 g/mol. The van der Waals surface area contributed by atoms with E-state index < -0.39 is 0 Å². The molecule has 0 saturated heterocycles. The van der Waals surface area contributed by atoms with Crippen LogP contribution < -0.4 is 5.32 Å². The number of benzene rings is 2. The number of nitrogens with one attached hydrogen (secondary N) is 1. The number of hydrogen-bond acceptors (Lipinski definition) is 4. The van der Waals surface area contributed by atoms with Crippen molar-refractivity contribution < 1.29 is 4.79 Å². The second-order valence-electron chi connectivity index (χ2n) is 6.64. The Morgan fingerprint density at radius 3 is 2.44 bits per heavy atom. The predicted molar refractivity (Wildman–Crippen MR) is 109 cm³/mol. The Hall–Kier alpha value is -2.60. The Labute approximate surface area is 163 Å². The van der Waals surface area contributed by atoms with Gasteiger partial charge in [0.2, 0.25) is 5.91 Å². The van der Waals surface area contributed by atoms with Crippen molar-refractivity contribution in [1.82, 2.24) is 14.8 Å². The summed E-state index contributed by atoms with van der Waals surface area (Å²) in [6.45, 7) is 2.93. The SMILES string of the molecule is CCn1c(SCC(=O)Nc2ccc(-c3ccccc3)cc2)nnc1C1CC1. The Morgan fingerprint density at radius 1 is 1.07 bits per heavy atom. The molecule has 1 fully saturated rings. The zero-order valence-electron chi connectivity index (χ0n) is 15.3. The second kappa shape index (κ2) is 7.96. The molecule has 1 aromatic heterocycles. The van der Waals surface area contributed by atoms with Gasteiger partial charge in [-0.15, -0.1) is 10.2 Å². The largest absolute Gasteiger partial charge is 0.325 e. The highest BCUT2D eigenvalue weighted by Crippen LogP contribution is 2.39. The van der Waals surface area contributed by atoms with Crippen LogP contribution in [0.3, 0.4) is 0 Å². The molecule has 5 nitrogen and oxygen atoms in total. The third-order valence-electron chi connectivity index (χ3n) is 4.61. The predicted octanol–water partition coefficient (Wildman–Crippen LogP) is 4.57. The van der Waals surface area contributed by atoms with E-state index in [1.165, 1.54) is 24.6 Å². The van der Waals surface area contributed by atoms with Crippen molar-refractivity contribution in [3.05, 3.63) is 60.4 Å². The molecule has 3 aromatic rings. The van der Waals surface area contributed by atoms with E-state index in [4.69, 9.17) is 0 Å². The molecule has 0 unspecified atom stereocenters. The number of carbonyl (C=O) groups is 1. The van der Waals surface area contributed by atoms with E-state index in [-0.39, 0.29) is 5.91 Å². The summed E-state index contributed by atoms with van der Waals surface area (Å²) in [4.78, 5) is 12.3. The summed E-state index contributed by atoms with van der Waals surface area (Å²) in [5.74, 6) is 1.91. The summed E-state index contributed by atoms with van der Waals surface area (Å²) in [5, 5.41) is 12.4. The highest BCUT2D eigenvalue weighted by atomic mass is 32.2. The number of anilines is 1. The molecule has 1 heterocycles. The molecule has 138 valence electrons. The zero-order valence-corrected chi connectivity index (χ0v) is 16.1. The van der Waals surface area contributed by atoms with Crippen LogP contribution in [-0.4, -0.2) is 26.4 Å².